The Balaban J connectivity index is 2.29. The summed E-state index contributed by atoms with van der Waals surface area (Å²) in [4.78, 5) is 14.2. The van der Waals surface area contributed by atoms with Crippen LogP contribution in [0.15, 0.2) is 34.2 Å². The Hall–Kier alpha value is -1.75. The van der Waals surface area contributed by atoms with Gasteiger partial charge in [-0.1, -0.05) is 31.5 Å². The highest BCUT2D eigenvalue weighted by atomic mass is 32.2. The molecule has 0 aromatic heterocycles. The minimum Gasteiger partial charge on any atom is -0.495 e. The van der Waals surface area contributed by atoms with Gasteiger partial charge in [-0.05, 0) is 50.8 Å². The van der Waals surface area contributed by atoms with Crippen LogP contribution < -0.4 is 19.7 Å². The first-order chi connectivity index (χ1) is 14.5. The third kappa shape index (κ3) is 7.13. The van der Waals surface area contributed by atoms with Gasteiger partial charge in [0.15, 0.2) is 5.50 Å². The maximum absolute atomic E-state index is 12.9. The van der Waals surface area contributed by atoms with Crippen LogP contribution in [-0.2, 0) is 14.8 Å². The van der Waals surface area contributed by atoms with Crippen LogP contribution in [0.3, 0.4) is 0 Å². The van der Waals surface area contributed by atoms with E-state index in [-0.39, 0.29) is 28.6 Å². The monoisotopic (exact) mass is 471 g/mol. The second-order valence-electron chi connectivity index (χ2n) is 8.11. The van der Waals surface area contributed by atoms with Crippen LogP contribution in [0.1, 0.15) is 53.4 Å². The summed E-state index contributed by atoms with van der Waals surface area (Å²) >= 11 is 1.46. The highest BCUT2D eigenvalue weighted by Crippen LogP contribution is 2.37. The Morgan fingerprint density at radius 2 is 2.03 bits per heavy atom. The number of nitrogens with zero attached hydrogens (tertiary/aromatic N) is 1. The molecule has 0 bridgehead atoms. The lowest BCUT2D eigenvalue weighted by atomic mass is 10.1. The van der Waals surface area contributed by atoms with Gasteiger partial charge in [0.05, 0.1) is 12.7 Å². The highest BCUT2D eigenvalue weighted by molar-refractivity contribution is 8.03. The molecule has 0 fully saturated rings. The molecule has 10 heteroatoms. The molecule has 0 aliphatic carbocycles. The van der Waals surface area contributed by atoms with Gasteiger partial charge in [0.2, 0.25) is 15.9 Å². The largest absolute Gasteiger partial charge is 0.495 e. The molecule has 1 aromatic carbocycles. The topological polar surface area (TPSA) is 108 Å². The third-order valence-corrected chi connectivity index (χ3v) is 7.17. The number of anilines is 1. The summed E-state index contributed by atoms with van der Waals surface area (Å²) < 4.78 is 33.5. The first-order valence-corrected chi connectivity index (χ1v) is 12.7. The fourth-order valence-electron chi connectivity index (χ4n) is 3.02. The molecule has 1 atom stereocenters. The summed E-state index contributed by atoms with van der Waals surface area (Å²) in [6.45, 7) is 6.89. The summed E-state index contributed by atoms with van der Waals surface area (Å²) in [5, 5.41) is 14.8. The van der Waals surface area contributed by atoms with E-state index in [1.165, 1.54) is 38.8 Å². The number of thioether (sulfide) groups is 1. The number of aliphatic hydroxyl groups is 1. The van der Waals surface area contributed by atoms with E-state index in [9.17, 15) is 18.3 Å². The summed E-state index contributed by atoms with van der Waals surface area (Å²) in [6.07, 6.45) is 3.34. The Labute approximate surface area is 189 Å². The van der Waals surface area contributed by atoms with Crippen LogP contribution in [0.2, 0.25) is 0 Å². The average Bonchev–Trinajstić information content (AvgIpc) is 3.05. The lowest BCUT2D eigenvalue weighted by molar-refractivity contribution is -0.121. The van der Waals surface area contributed by atoms with Crippen molar-refractivity contribution in [2.75, 3.05) is 18.6 Å². The number of hydrogen-bond acceptors (Lipinski definition) is 7. The van der Waals surface area contributed by atoms with E-state index in [0.717, 1.165) is 25.0 Å². The zero-order valence-electron chi connectivity index (χ0n) is 18.8. The Morgan fingerprint density at radius 3 is 2.65 bits per heavy atom. The van der Waals surface area contributed by atoms with Crippen LogP contribution in [0.5, 0.6) is 5.75 Å². The van der Waals surface area contributed by atoms with Crippen molar-refractivity contribution in [1.82, 2.24) is 10.0 Å². The highest BCUT2D eigenvalue weighted by Gasteiger charge is 2.30. The fraction of sp³-hybridized carbons (Fsp3) is 0.571. The number of ether oxygens (including phenoxy) is 1. The van der Waals surface area contributed by atoms with Gasteiger partial charge in [0.1, 0.15) is 10.6 Å². The number of amides is 1. The minimum atomic E-state index is -3.94. The van der Waals surface area contributed by atoms with E-state index >= 15 is 0 Å². The first-order valence-electron chi connectivity index (χ1n) is 10.3. The van der Waals surface area contributed by atoms with Gasteiger partial charge in [0.25, 0.3) is 0 Å². The Morgan fingerprint density at radius 1 is 1.32 bits per heavy atom. The lowest BCUT2D eigenvalue weighted by Gasteiger charge is -2.29. The predicted molar refractivity (Wildman–Crippen MR) is 124 cm³/mol. The molecule has 0 saturated carbocycles. The molecule has 0 radical (unpaired) electrons. The number of hydrogen-bond donors (Lipinski definition) is 3. The molecule has 2 rings (SSSR count). The van der Waals surface area contributed by atoms with E-state index in [0.29, 0.717) is 12.1 Å². The summed E-state index contributed by atoms with van der Waals surface area (Å²) in [5.41, 5.74) is -0.0537. The number of rotatable bonds is 11. The van der Waals surface area contributed by atoms with E-state index in [4.69, 9.17) is 4.74 Å². The number of sulfonamides is 1. The zero-order chi connectivity index (χ0) is 23.2. The summed E-state index contributed by atoms with van der Waals surface area (Å²) in [5.74, 6) is 0.160. The number of allylic oxidation sites excluding steroid dienone is 1. The number of nitrogens with one attached hydrogen (secondary N) is 2. The minimum absolute atomic E-state index is 0.0329. The molecule has 1 aliphatic rings. The maximum Gasteiger partial charge on any atom is 0.244 e. The van der Waals surface area contributed by atoms with Gasteiger partial charge in [0, 0.05) is 24.4 Å². The van der Waals surface area contributed by atoms with Crippen molar-refractivity contribution in [2.24, 2.45) is 0 Å². The van der Waals surface area contributed by atoms with Crippen LogP contribution in [0, 0.1) is 0 Å². The number of carbonyl (C=O) groups excluding carboxylic acids is 1. The van der Waals surface area contributed by atoms with Gasteiger partial charge in [-0.15, -0.1) is 0 Å². The first kappa shape index (κ1) is 25.5. The smallest absolute Gasteiger partial charge is 0.244 e. The standard InChI is InChI=1S/C21H33N3O5S2/c1-6-7-8-9-19(25)23-20-24(15(2)13-30-20)16-10-11-17(29-5)18(12-16)31(27,28)22-14-21(3,4)26/h10-13,20,22,26H,6-9,14H2,1-5H3,(H,23,25). The van der Waals surface area contributed by atoms with Crippen LogP contribution in [-0.4, -0.2) is 44.2 Å². The van der Waals surface area contributed by atoms with Gasteiger partial charge >= 0.3 is 0 Å². The van der Waals surface area contributed by atoms with E-state index in [1.54, 1.807) is 12.1 Å². The maximum atomic E-state index is 12.9. The van der Waals surface area contributed by atoms with Crippen molar-refractivity contribution in [1.29, 1.82) is 0 Å². The molecule has 3 N–H and O–H groups in total. The van der Waals surface area contributed by atoms with E-state index in [2.05, 4.69) is 17.0 Å². The van der Waals surface area contributed by atoms with Crippen molar-refractivity contribution < 1.29 is 23.1 Å². The van der Waals surface area contributed by atoms with Gasteiger partial charge in [-0.2, -0.15) is 0 Å². The summed E-state index contributed by atoms with van der Waals surface area (Å²) in [6, 6.07) is 4.86. The Bertz CT molecular complexity index is 910. The van der Waals surface area contributed by atoms with Crippen molar-refractivity contribution in [3.8, 4) is 5.75 Å². The van der Waals surface area contributed by atoms with Crippen molar-refractivity contribution in [3.05, 3.63) is 29.3 Å². The quantitative estimate of drug-likeness (QED) is 0.426. The number of carbonyl (C=O) groups is 1. The molecule has 0 spiro atoms. The second-order valence-corrected chi connectivity index (χ2v) is 10.8. The lowest BCUT2D eigenvalue weighted by Crippen LogP contribution is -2.43. The van der Waals surface area contributed by atoms with Crippen molar-refractivity contribution >= 4 is 33.4 Å². The Kier molecular flexibility index (Phi) is 8.82. The van der Waals surface area contributed by atoms with Crippen LogP contribution in [0.4, 0.5) is 5.69 Å². The van der Waals surface area contributed by atoms with Gasteiger partial charge in [-0.3, -0.25) is 4.79 Å². The van der Waals surface area contributed by atoms with Crippen LogP contribution >= 0.6 is 11.8 Å². The third-order valence-electron chi connectivity index (χ3n) is 4.68. The predicted octanol–water partition coefficient (Wildman–Crippen LogP) is 3.14. The number of methoxy groups -OCH3 is 1. The molecule has 1 aromatic rings. The van der Waals surface area contributed by atoms with Crippen molar-refractivity contribution in [2.45, 2.75) is 69.4 Å². The molecular weight excluding hydrogens is 438 g/mol. The van der Waals surface area contributed by atoms with E-state index < -0.39 is 15.6 Å². The molecule has 174 valence electrons. The van der Waals surface area contributed by atoms with Gasteiger partial charge in [-0.25, -0.2) is 13.1 Å². The SMILES string of the molecule is CCCCCC(=O)NC1SC=C(C)N1c1ccc(OC)c(S(=O)(=O)NCC(C)(C)O)c1. The number of benzene rings is 1. The van der Waals surface area contributed by atoms with E-state index in [1.807, 2.05) is 17.2 Å². The zero-order valence-corrected chi connectivity index (χ0v) is 20.4. The number of unbranched alkanes of at least 4 members (excludes halogenated alkanes) is 2. The molecule has 31 heavy (non-hydrogen) atoms. The molecule has 0 saturated heterocycles. The molecule has 8 nitrogen and oxygen atoms in total. The van der Waals surface area contributed by atoms with Crippen molar-refractivity contribution in [3.63, 3.8) is 0 Å². The van der Waals surface area contributed by atoms with Gasteiger partial charge < -0.3 is 20.1 Å². The molecular formula is C21H33N3O5S2. The summed E-state index contributed by atoms with van der Waals surface area (Å²) in [7, 11) is -2.53. The molecule has 1 heterocycles. The fourth-order valence-corrected chi connectivity index (χ4v) is 5.46. The molecule has 1 amide bonds. The second kappa shape index (κ2) is 10.7. The normalized spacial score (nSPS) is 16.9. The average molecular weight is 472 g/mol. The molecule has 1 unspecified atom stereocenters. The molecule has 1 aliphatic heterocycles. The van der Waals surface area contributed by atoms with Crippen LogP contribution in [0.25, 0.3) is 0 Å².